The van der Waals surface area contributed by atoms with Gasteiger partial charge in [0.25, 0.3) is 0 Å². The average molecular weight is 330 g/mol. The van der Waals surface area contributed by atoms with Gasteiger partial charge in [-0.15, -0.1) is 0 Å². The highest BCUT2D eigenvalue weighted by atomic mass is 16.2. The van der Waals surface area contributed by atoms with E-state index in [0.29, 0.717) is 18.9 Å². The molecule has 2 atom stereocenters. The molecule has 1 radical (unpaired) electrons. The van der Waals surface area contributed by atoms with Gasteiger partial charge >= 0.3 is 0 Å². The molecule has 1 unspecified atom stereocenters. The Balaban J connectivity index is 1.69. The molecule has 0 aliphatic carbocycles. The quantitative estimate of drug-likeness (QED) is 0.762. The minimum Gasteiger partial charge on any atom is -0.369 e. The zero-order valence-electron chi connectivity index (χ0n) is 14.4. The monoisotopic (exact) mass is 330 g/mol. The van der Waals surface area contributed by atoms with E-state index in [2.05, 4.69) is 34.5 Å². The van der Waals surface area contributed by atoms with Gasteiger partial charge in [0.1, 0.15) is 0 Å². The molecule has 0 saturated carbocycles. The van der Waals surface area contributed by atoms with Crippen LogP contribution in [0.1, 0.15) is 31.7 Å². The maximum atomic E-state index is 11.9. The van der Waals surface area contributed by atoms with Gasteiger partial charge < -0.3 is 11.1 Å². The number of primary amides is 1. The van der Waals surface area contributed by atoms with Crippen molar-refractivity contribution in [1.82, 2.24) is 10.2 Å². The second-order valence-corrected chi connectivity index (χ2v) is 6.72. The Morgan fingerprint density at radius 3 is 2.83 bits per heavy atom. The molecule has 1 saturated heterocycles. The topological polar surface area (TPSA) is 75.4 Å². The van der Waals surface area contributed by atoms with Gasteiger partial charge in [-0.05, 0) is 37.3 Å². The molecule has 1 aromatic rings. The van der Waals surface area contributed by atoms with E-state index < -0.39 is 0 Å². The van der Waals surface area contributed by atoms with E-state index in [9.17, 15) is 9.59 Å². The molecule has 0 aromatic heterocycles. The average Bonchev–Trinajstić information content (AvgIpc) is 2.59. The Morgan fingerprint density at radius 1 is 1.38 bits per heavy atom. The number of nitrogens with two attached hydrogens (primary N) is 1. The SMILES string of the molecule is CC(C[CH]C(=O)NC[C@@H]1CCCN(Cc2ccccc2)C1)C(N)=O. The van der Waals surface area contributed by atoms with Gasteiger partial charge in [0.05, 0.1) is 6.42 Å². The molecule has 2 rings (SSSR count). The lowest BCUT2D eigenvalue weighted by atomic mass is 9.97. The molecule has 5 heteroatoms. The summed E-state index contributed by atoms with van der Waals surface area (Å²) in [6, 6.07) is 10.5. The number of rotatable bonds is 8. The molecular weight excluding hydrogens is 302 g/mol. The van der Waals surface area contributed by atoms with Gasteiger partial charge in [-0.25, -0.2) is 0 Å². The highest BCUT2D eigenvalue weighted by Crippen LogP contribution is 2.18. The molecule has 0 bridgehead atoms. The summed E-state index contributed by atoms with van der Waals surface area (Å²) < 4.78 is 0. The molecular formula is C19H28N3O2. The first-order valence-corrected chi connectivity index (χ1v) is 8.71. The third-order valence-corrected chi connectivity index (χ3v) is 4.56. The van der Waals surface area contributed by atoms with Crippen molar-refractivity contribution >= 4 is 11.8 Å². The van der Waals surface area contributed by atoms with Gasteiger partial charge in [-0.3, -0.25) is 14.5 Å². The molecule has 0 spiro atoms. The number of carbonyl (C=O) groups is 2. The van der Waals surface area contributed by atoms with Crippen LogP contribution in [0.3, 0.4) is 0 Å². The van der Waals surface area contributed by atoms with Gasteiger partial charge in [0.15, 0.2) is 0 Å². The van der Waals surface area contributed by atoms with Crippen LogP contribution < -0.4 is 11.1 Å². The number of nitrogens with one attached hydrogen (secondary N) is 1. The summed E-state index contributed by atoms with van der Waals surface area (Å²) in [6.07, 6.45) is 4.23. The second-order valence-electron chi connectivity index (χ2n) is 6.72. The third-order valence-electron chi connectivity index (χ3n) is 4.56. The lowest BCUT2D eigenvalue weighted by Gasteiger charge is -2.32. The zero-order chi connectivity index (χ0) is 17.4. The fourth-order valence-electron chi connectivity index (χ4n) is 3.02. The first-order chi connectivity index (χ1) is 11.5. The Labute approximate surface area is 144 Å². The van der Waals surface area contributed by atoms with Crippen molar-refractivity contribution in [3.63, 3.8) is 0 Å². The van der Waals surface area contributed by atoms with E-state index in [0.717, 1.165) is 32.5 Å². The normalized spacial score (nSPS) is 19.6. The number of hydrogen-bond acceptors (Lipinski definition) is 3. The number of likely N-dealkylation sites (tertiary alicyclic amines) is 1. The summed E-state index contributed by atoms with van der Waals surface area (Å²) in [5, 5.41) is 2.96. The van der Waals surface area contributed by atoms with Crippen LogP contribution in [0.15, 0.2) is 30.3 Å². The summed E-state index contributed by atoms with van der Waals surface area (Å²) in [5.74, 6) is -0.300. The first-order valence-electron chi connectivity index (χ1n) is 8.71. The van der Waals surface area contributed by atoms with Crippen LogP contribution in [0.5, 0.6) is 0 Å². The van der Waals surface area contributed by atoms with Crippen LogP contribution in [0.4, 0.5) is 0 Å². The molecule has 24 heavy (non-hydrogen) atoms. The molecule has 2 amide bonds. The van der Waals surface area contributed by atoms with Crippen molar-refractivity contribution in [2.24, 2.45) is 17.6 Å². The van der Waals surface area contributed by atoms with E-state index >= 15 is 0 Å². The molecule has 1 aromatic carbocycles. The van der Waals surface area contributed by atoms with Crippen molar-refractivity contribution in [1.29, 1.82) is 0 Å². The highest BCUT2D eigenvalue weighted by molar-refractivity contribution is 5.85. The molecule has 131 valence electrons. The second kappa shape index (κ2) is 9.42. The van der Waals surface area contributed by atoms with Crippen molar-refractivity contribution < 1.29 is 9.59 Å². The Kier molecular flexibility index (Phi) is 7.25. The van der Waals surface area contributed by atoms with Crippen LogP contribution in [0.2, 0.25) is 0 Å². The minimum atomic E-state index is -0.372. The van der Waals surface area contributed by atoms with Crippen LogP contribution in [-0.2, 0) is 16.1 Å². The van der Waals surface area contributed by atoms with E-state index in [1.807, 2.05) is 6.07 Å². The largest absolute Gasteiger partial charge is 0.369 e. The standard InChI is InChI=1S/C19H28N3O2/c1-15(19(20)24)9-10-18(23)21-12-17-8-5-11-22(14-17)13-16-6-3-2-4-7-16/h2-4,6-7,10,15,17H,5,8-9,11-14H2,1H3,(H2,20,24)(H,21,23)/t15?,17-/m0/s1. The predicted molar refractivity (Wildman–Crippen MR) is 94.7 cm³/mol. The van der Waals surface area contributed by atoms with Crippen molar-refractivity contribution in [2.45, 2.75) is 32.7 Å². The molecule has 5 nitrogen and oxygen atoms in total. The van der Waals surface area contributed by atoms with E-state index in [1.165, 1.54) is 12.0 Å². The minimum absolute atomic E-state index is 0.108. The number of hydrogen-bond donors (Lipinski definition) is 2. The summed E-state index contributed by atoms with van der Waals surface area (Å²) in [6.45, 7) is 5.50. The van der Waals surface area contributed by atoms with E-state index in [-0.39, 0.29) is 17.7 Å². The summed E-state index contributed by atoms with van der Waals surface area (Å²) in [5.41, 5.74) is 6.53. The summed E-state index contributed by atoms with van der Waals surface area (Å²) in [7, 11) is 0. The molecule has 1 aliphatic rings. The fourth-order valence-corrected chi connectivity index (χ4v) is 3.02. The van der Waals surface area contributed by atoms with Gasteiger partial charge in [-0.2, -0.15) is 0 Å². The summed E-state index contributed by atoms with van der Waals surface area (Å²) in [4.78, 5) is 25.3. The number of nitrogens with zero attached hydrogens (tertiary/aromatic N) is 1. The molecule has 1 aliphatic heterocycles. The maximum absolute atomic E-state index is 11.9. The third kappa shape index (κ3) is 6.32. The zero-order valence-corrected chi connectivity index (χ0v) is 14.4. The number of carbonyl (C=O) groups excluding carboxylic acids is 2. The van der Waals surface area contributed by atoms with Crippen molar-refractivity contribution in [2.75, 3.05) is 19.6 Å². The fraction of sp³-hybridized carbons (Fsp3) is 0.526. The molecule has 3 N–H and O–H groups in total. The summed E-state index contributed by atoms with van der Waals surface area (Å²) >= 11 is 0. The van der Waals surface area contributed by atoms with Crippen LogP contribution in [0.25, 0.3) is 0 Å². The maximum Gasteiger partial charge on any atom is 0.223 e. The van der Waals surface area contributed by atoms with E-state index in [4.69, 9.17) is 5.73 Å². The number of piperidine rings is 1. The highest BCUT2D eigenvalue weighted by Gasteiger charge is 2.20. The van der Waals surface area contributed by atoms with Gasteiger partial charge in [0, 0.05) is 25.6 Å². The van der Waals surface area contributed by atoms with Crippen LogP contribution in [-0.4, -0.2) is 36.3 Å². The van der Waals surface area contributed by atoms with Crippen LogP contribution in [0, 0.1) is 18.3 Å². The number of amides is 2. The van der Waals surface area contributed by atoms with Crippen molar-refractivity contribution in [3.05, 3.63) is 42.3 Å². The number of benzene rings is 1. The predicted octanol–water partition coefficient (Wildman–Crippen LogP) is 1.73. The van der Waals surface area contributed by atoms with E-state index in [1.54, 1.807) is 6.92 Å². The Bertz CT molecular complexity index is 533. The lowest BCUT2D eigenvalue weighted by Crippen LogP contribution is -2.40. The smallest absolute Gasteiger partial charge is 0.223 e. The van der Waals surface area contributed by atoms with Gasteiger partial charge in [0.2, 0.25) is 11.8 Å². The molecule has 1 fully saturated rings. The Hall–Kier alpha value is -1.88. The van der Waals surface area contributed by atoms with Crippen molar-refractivity contribution in [3.8, 4) is 0 Å². The van der Waals surface area contributed by atoms with Crippen LogP contribution >= 0.6 is 0 Å². The molecule has 1 heterocycles. The lowest BCUT2D eigenvalue weighted by molar-refractivity contribution is -0.121. The Morgan fingerprint density at radius 2 is 2.12 bits per heavy atom. The van der Waals surface area contributed by atoms with Gasteiger partial charge in [-0.1, -0.05) is 37.3 Å². The first kappa shape index (κ1) is 18.5.